The first-order valence-corrected chi connectivity index (χ1v) is 8.68. The van der Waals surface area contributed by atoms with Gasteiger partial charge in [0, 0.05) is 12.1 Å². The largest absolute Gasteiger partial charge is 0.317 e. The van der Waals surface area contributed by atoms with Crippen LogP contribution in [-0.4, -0.2) is 23.0 Å². The first-order valence-electron chi connectivity index (χ1n) is 7.86. The number of azo groups is 1. The van der Waals surface area contributed by atoms with Crippen LogP contribution < -0.4 is 5.32 Å². The first kappa shape index (κ1) is 18.6. The summed E-state index contributed by atoms with van der Waals surface area (Å²) in [7, 11) is 0. The fraction of sp³-hybridized carbons (Fsp3) is 0.235. The number of nitro benzene ring substituents is 1. The van der Waals surface area contributed by atoms with E-state index in [0.717, 1.165) is 23.5 Å². The van der Waals surface area contributed by atoms with Gasteiger partial charge in [0.25, 0.3) is 5.69 Å². The van der Waals surface area contributed by atoms with Crippen molar-refractivity contribution in [3.05, 3.63) is 58.6 Å². The van der Waals surface area contributed by atoms with E-state index in [1.165, 1.54) is 23.5 Å². The Morgan fingerprint density at radius 3 is 2.44 bits per heavy atom. The van der Waals surface area contributed by atoms with Gasteiger partial charge in [-0.3, -0.25) is 10.1 Å². The molecule has 8 heteroatoms. The zero-order valence-electron chi connectivity index (χ0n) is 14.0. The lowest BCUT2D eigenvalue weighted by molar-refractivity contribution is -0.384. The number of aromatic nitrogens is 1. The Morgan fingerprint density at radius 1 is 1.12 bits per heavy atom. The summed E-state index contributed by atoms with van der Waals surface area (Å²) in [5.74, 6) is 0. The third-order valence-electron chi connectivity index (χ3n) is 3.08. The third-order valence-corrected chi connectivity index (χ3v) is 3.98. The van der Waals surface area contributed by atoms with Crippen LogP contribution in [0.2, 0.25) is 0 Å². The molecule has 3 rings (SSSR count). The molecule has 7 nitrogen and oxygen atoms in total. The summed E-state index contributed by atoms with van der Waals surface area (Å²) in [6, 6.07) is 13.9. The summed E-state index contributed by atoms with van der Waals surface area (Å²) >= 11 is 1.27. The Bertz CT molecular complexity index is 847. The Labute approximate surface area is 149 Å². The van der Waals surface area contributed by atoms with E-state index in [9.17, 15) is 10.1 Å². The average molecular weight is 357 g/mol. The van der Waals surface area contributed by atoms with Crippen molar-refractivity contribution in [2.24, 2.45) is 10.2 Å². The van der Waals surface area contributed by atoms with Crippen molar-refractivity contribution in [1.29, 1.82) is 0 Å². The smallest absolute Gasteiger partial charge is 0.270 e. The second-order valence-electron chi connectivity index (χ2n) is 4.90. The van der Waals surface area contributed by atoms with Gasteiger partial charge in [-0.05, 0) is 31.3 Å². The number of fused-ring (bicyclic) bond motifs is 1. The zero-order chi connectivity index (χ0) is 18.1. The van der Waals surface area contributed by atoms with E-state index in [4.69, 9.17) is 0 Å². The maximum Gasteiger partial charge on any atom is 0.270 e. The molecule has 0 spiro atoms. The van der Waals surface area contributed by atoms with Crippen molar-refractivity contribution < 1.29 is 4.92 Å². The molecule has 0 atom stereocenters. The highest BCUT2D eigenvalue weighted by Crippen LogP contribution is 2.31. The van der Waals surface area contributed by atoms with Gasteiger partial charge in [0.1, 0.15) is 0 Å². The topological polar surface area (TPSA) is 92.8 Å². The Balaban J connectivity index is 0.000000399. The first-order chi connectivity index (χ1) is 12.1. The highest BCUT2D eigenvalue weighted by atomic mass is 32.1. The maximum absolute atomic E-state index is 10.7. The van der Waals surface area contributed by atoms with Crippen molar-refractivity contribution in [1.82, 2.24) is 10.3 Å². The predicted molar refractivity (Wildman–Crippen MR) is 101 cm³/mol. The van der Waals surface area contributed by atoms with Gasteiger partial charge in [0.05, 0.1) is 20.8 Å². The molecule has 2 aromatic carbocycles. The van der Waals surface area contributed by atoms with E-state index in [1.54, 1.807) is 6.07 Å². The molecule has 0 bridgehead atoms. The number of nitrogens with one attached hydrogen (secondary N) is 1. The normalized spacial score (nSPS) is 10.6. The van der Waals surface area contributed by atoms with Crippen LogP contribution in [0.3, 0.4) is 0 Å². The molecule has 0 saturated carbocycles. The molecule has 0 unspecified atom stereocenters. The van der Waals surface area contributed by atoms with E-state index in [0.29, 0.717) is 10.6 Å². The summed E-state index contributed by atoms with van der Waals surface area (Å²) < 4.78 is 0.723. The Morgan fingerprint density at radius 2 is 1.84 bits per heavy atom. The molecule has 0 fully saturated rings. The fourth-order valence-electron chi connectivity index (χ4n) is 1.90. The van der Waals surface area contributed by atoms with Crippen molar-refractivity contribution >= 4 is 38.1 Å². The number of hydrogen-bond donors (Lipinski definition) is 1. The van der Waals surface area contributed by atoms with Gasteiger partial charge >= 0.3 is 0 Å². The van der Waals surface area contributed by atoms with Crippen LogP contribution in [0.4, 0.5) is 16.5 Å². The molecule has 1 N–H and O–H groups in total. The van der Waals surface area contributed by atoms with E-state index < -0.39 is 4.92 Å². The second-order valence-corrected chi connectivity index (χ2v) is 5.91. The summed E-state index contributed by atoms with van der Waals surface area (Å²) in [6.07, 6.45) is 0. The molecular formula is C17H19N5O2S. The number of rotatable bonds is 5. The number of non-ortho nitro benzene ring substituents is 1. The fourth-order valence-corrected chi connectivity index (χ4v) is 2.72. The summed E-state index contributed by atoms with van der Waals surface area (Å²) in [6.45, 7) is 6.39. The van der Waals surface area contributed by atoms with Crippen LogP contribution in [0.25, 0.3) is 10.2 Å². The molecule has 130 valence electrons. The lowest BCUT2D eigenvalue weighted by Gasteiger charge is -1.88. The molecule has 0 amide bonds. The molecule has 0 saturated heterocycles. The molecule has 0 aliphatic rings. The quantitative estimate of drug-likeness (QED) is 0.384. The van der Waals surface area contributed by atoms with Gasteiger partial charge in [0.2, 0.25) is 5.13 Å². The van der Waals surface area contributed by atoms with Crippen LogP contribution in [0, 0.1) is 10.1 Å². The highest BCUT2D eigenvalue weighted by Gasteiger charge is 2.09. The minimum absolute atomic E-state index is 0.0488. The molecule has 1 heterocycles. The van der Waals surface area contributed by atoms with Crippen molar-refractivity contribution in [3.63, 3.8) is 0 Å². The lowest BCUT2D eigenvalue weighted by atomic mass is 10.3. The minimum Gasteiger partial charge on any atom is -0.317 e. The van der Waals surface area contributed by atoms with Gasteiger partial charge in [-0.2, -0.15) is 0 Å². The minimum atomic E-state index is -0.426. The Kier molecular flexibility index (Phi) is 7.12. The highest BCUT2D eigenvalue weighted by molar-refractivity contribution is 7.21. The zero-order valence-corrected chi connectivity index (χ0v) is 14.9. The van der Waals surface area contributed by atoms with Crippen LogP contribution in [0.5, 0.6) is 0 Å². The SMILES string of the molecule is CCNCC.O=[N+]([O-])c1ccc2nc(N=Nc3ccccc3)sc2c1. The van der Waals surface area contributed by atoms with E-state index in [-0.39, 0.29) is 5.69 Å². The Hall–Kier alpha value is -2.71. The molecule has 1 aromatic heterocycles. The summed E-state index contributed by atoms with van der Waals surface area (Å²) in [4.78, 5) is 14.5. The average Bonchev–Trinajstić information content (AvgIpc) is 3.04. The van der Waals surface area contributed by atoms with E-state index >= 15 is 0 Å². The van der Waals surface area contributed by atoms with Crippen molar-refractivity contribution in [3.8, 4) is 0 Å². The maximum atomic E-state index is 10.7. The van der Waals surface area contributed by atoms with Crippen LogP contribution in [0.1, 0.15) is 13.8 Å². The molecule has 25 heavy (non-hydrogen) atoms. The number of benzene rings is 2. The molecule has 0 radical (unpaired) electrons. The molecule has 3 aromatic rings. The van der Waals surface area contributed by atoms with Crippen molar-refractivity contribution in [2.45, 2.75) is 13.8 Å². The van der Waals surface area contributed by atoms with Gasteiger partial charge in [-0.1, -0.05) is 43.4 Å². The lowest BCUT2D eigenvalue weighted by Crippen LogP contribution is -2.09. The standard InChI is InChI=1S/C13H8N4O2S.C4H11N/c18-17(19)10-6-7-11-12(8-10)20-13(14-11)16-15-9-4-2-1-3-5-9;1-3-5-4-2/h1-8H;5H,3-4H2,1-2H3. The number of hydrogen-bond acceptors (Lipinski definition) is 7. The number of nitro groups is 1. The summed E-state index contributed by atoms with van der Waals surface area (Å²) in [5, 5.41) is 22.4. The monoisotopic (exact) mass is 357 g/mol. The van der Waals surface area contributed by atoms with Crippen molar-refractivity contribution in [2.75, 3.05) is 13.1 Å². The van der Waals surface area contributed by atoms with Gasteiger partial charge < -0.3 is 5.32 Å². The van der Waals surface area contributed by atoms with Gasteiger partial charge in [-0.25, -0.2) is 4.98 Å². The molecule has 0 aliphatic heterocycles. The number of nitrogens with zero attached hydrogens (tertiary/aromatic N) is 4. The molecule has 0 aliphatic carbocycles. The predicted octanol–water partition coefficient (Wildman–Crippen LogP) is 5.24. The van der Waals surface area contributed by atoms with Crippen LogP contribution in [-0.2, 0) is 0 Å². The molecular weight excluding hydrogens is 338 g/mol. The van der Waals surface area contributed by atoms with Crippen LogP contribution >= 0.6 is 11.3 Å². The number of thiazole rings is 1. The summed E-state index contributed by atoms with van der Waals surface area (Å²) in [5.41, 5.74) is 1.47. The van der Waals surface area contributed by atoms with E-state index in [1.807, 2.05) is 30.3 Å². The van der Waals surface area contributed by atoms with Gasteiger partial charge in [-0.15, -0.1) is 10.2 Å². The van der Waals surface area contributed by atoms with Gasteiger partial charge in [0.15, 0.2) is 0 Å². The second kappa shape index (κ2) is 9.55. The van der Waals surface area contributed by atoms with E-state index in [2.05, 4.69) is 34.4 Å². The van der Waals surface area contributed by atoms with Crippen LogP contribution in [0.15, 0.2) is 58.8 Å². The third kappa shape index (κ3) is 5.70.